The Morgan fingerprint density at radius 2 is 1.87 bits per heavy atom. The van der Waals surface area contributed by atoms with Crippen LogP contribution in [0.25, 0.3) is 0 Å². The zero-order valence-electron chi connectivity index (χ0n) is 9.63. The number of hydrogen-bond donors (Lipinski definition) is 3. The van der Waals surface area contributed by atoms with E-state index in [1.54, 1.807) is 0 Å². The van der Waals surface area contributed by atoms with Crippen LogP contribution in [0, 0.1) is 5.41 Å². The lowest BCUT2D eigenvalue weighted by molar-refractivity contribution is 0.942. The lowest BCUT2D eigenvalue weighted by Gasteiger charge is -2.01. The molecule has 0 aliphatic carbocycles. The highest BCUT2D eigenvalue weighted by molar-refractivity contribution is 8.93. The molecule has 0 amide bonds. The first-order valence-electron chi connectivity index (χ1n) is 4.82. The van der Waals surface area contributed by atoms with Crippen LogP contribution in [-0.2, 0) is 0 Å². The number of rotatable bonds is 5. The number of thiol groups is 1. The molecule has 0 aliphatic rings. The summed E-state index contributed by atoms with van der Waals surface area (Å²) in [6.45, 7) is 7.04. The summed E-state index contributed by atoms with van der Waals surface area (Å²) in [7, 11) is 0. The fourth-order valence-electron chi connectivity index (χ4n) is 1.01. The van der Waals surface area contributed by atoms with E-state index in [1.807, 2.05) is 0 Å². The molecule has 0 fully saturated rings. The molecular weight excluding hydrogens is 272 g/mol. The van der Waals surface area contributed by atoms with Crippen LogP contribution in [-0.4, -0.2) is 11.7 Å². The first kappa shape index (κ1) is 17.2. The van der Waals surface area contributed by atoms with Gasteiger partial charge in [0.1, 0.15) is 0 Å². The normalized spacial score (nSPS) is 10.3. The molecule has 0 rings (SSSR count). The van der Waals surface area contributed by atoms with E-state index in [1.165, 1.54) is 11.1 Å². The molecule has 0 atom stereocenters. The minimum absolute atomic E-state index is 0. The second-order valence-electron chi connectivity index (χ2n) is 3.60. The highest BCUT2D eigenvalue weighted by atomic mass is 79.9. The topological polar surface area (TPSA) is 35.9 Å². The summed E-state index contributed by atoms with van der Waals surface area (Å²) >= 11 is 3.83. The molecule has 88 valence electrons. The number of allylic oxidation sites excluding steroid dienone is 3. The van der Waals surface area contributed by atoms with Crippen LogP contribution in [0.1, 0.15) is 33.6 Å². The van der Waals surface area contributed by atoms with Crippen LogP contribution in [0.15, 0.2) is 23.3 Å². The molecule has 4 heteroatoms. The molecule has 15 heavy (non-hydrogen) atoms. The minimum atomic E-state index is 0. The molecule has 0 aromatic carbocycles. The minimum Gasteiger partial charge on any atom is -0.362 e. The maximum absolute atomic E-state index is 7.05. The maximum atomic E-state index is 7.05. The molecule has 0 bridgehead atoms. The van der Waals surface area contributed by atoms with Crippen molar-refractivity contribution < 1.29 is 0 Å². The largest absolute Gasteiger partial charge is 0.362 e. The number of amidine groups is 1. The predicted molar refractivity (Wildman–Crippen MR) is 77.5 cm³/mol. The summed E-state index contributed by atoms with van der Waals surface area (Å²) in [5.41, 5.74) is 2.72. The lowest BCUT2D eigenvalue weighted by Crippen LogP contribution is -2.16. The molecule has 0 spiro atoms. The van der Waals surface area contributed by atoms with Gasteiger partial charge in [-0.15, -0.1) is 29.6 Å². The first-order chi connectivity index (χ1) is 6.52. The van der Waals surface area contributed by atoms with Gasteiger partial charge in [0.2, 0.25) is 0 Å². The summed E-state index contributed by atoms with van der Waals surface area (Å²) < 4.78 is 0. The van der Waals surface area contributed by atoms with Crippen molar-refractivity contribution >= 4 is 34.8 Å². The van der Waals surface area contributed by atoms with Gasteiger partial charge in [-0.2, -0.15) is 0 Å². The Labute approximate surface area is 109 Å². The summed E-state index contributed by atoms with van der Waals surface area (Å²) in [5, 5.41) is 10.1. The maximum Gasteiger partial charge on any atom is 0.150 e. The Kier molecular flexibility index (Phi) is 11.8. The Bertz CT molecular complexity index is 243. The molecule has 0 radical (unpaired) electrons. The van der Waals surface area contributed by atoms with Crippen molar-refractivity contribution in [1.82, 2.24) is 5.32 Å². The van der Waals surface area contributed by atoms with Gasteiger partial charge < -0.3 is 5.32 Å². The van der Waals surface area contributed by atoms with Gasteiger partial charge in [0.25, 0.3) is 0 Å². The molecule has 0 aliphatic heterocycles. The Morgan fingerprint density at radius 1 is 1.27 bits per heavy atom. The van der Waals surface area contributed by atoms with Gasteiger partial charge in [-0.05, 0) is 33.6 Å². The highest BCUT2D eigenvalue weighted by Crippen LogP contribution is 2.05. The monoisotopic (exact) mass is 292 g/mol. The van der Waals surface area contributed by atoms with E-state index in [9.17, 15) is 0 Å². The zero-order valence-corrected chi connectivity index (χ0v) is 12.2. The predicted octanol–water partition coefficient (Wildman–Crippen LogP) is 3.71. The van der Waals surface area contributed by atoms with Gasteiger partial charge in [0, 0.05) is 6.54 Å². The second kappa shape index (κ2) is 10.3. The number of halogens is 1. The SMILES string of the molecule is Br.CC(C)=CCC/C(C)=C/CNC(=N)S. The number of nitrogens with one attached hydrogen (secondary N) is 2. The molecule has 0 unspecified atom stereocenters. The Balaban J connectivity index is 0. The van der Waals surface area contributed by atoms with E-state index in [-0.39, 0.29) is 22.1 Å². The molecule has 0 saturated carbocycles. The van der Waals surface area contributed by atoms with E-state index >= 15 is 0 Å². The third-order valence-corrected chi connectivity index (χ3v) is 1.97. The third kappa shape index (κ3) is 13.8. The van der Waals surface area contributed by atoms with Crippen molar-refractivity contribution in [2.24, 2.45) is 0 Å². The van der Waals surface area contributed by atoms with Gasteiger partial charge in [-0.25, -0.2) is 0 Å². The van der Waals surface area contributed by atoms with E-state index in [4.69, 9.17) is 5.41 Å². The van der Waals surface area contributed by atoms with Crippen molar-refractivity contribution in [3.63, 3.8) is 0 Å². The lowest BCUT2D eigenvalue weighted by atomic mass is 10.1. The first-order valence-corrected chi connectivity index (χ1v) is 5.27. The molecule has 0 aromatic rings. The van der Waals surface area contributed by atoms with E-state index in [2.05, 4.69) is 50.9 Å². The van der Waals surface area contributed by atoms with Crippen LogP contribution in [0.5, 0.6) is 0 Å². The van der Waals surface area contributed by atoms with E-state index < -0.39 is 0 Å². The Morgan fingerprint density at radius 3 is 2.33 bits per heavy atom. The van der Waals surface area contributed by atoms with Crippen molar-refractivity contribution in [1.29, 1.82) is 5.41 Å². The summed E-state index contributed by atoms with van der Waals surface area (Å²) in [4.78, 5) is 0. The molecular formula is C11H21BrN2S. The van der Waals surface area contributed by atoms with Gasteiger partial charge in [0.15, 0.2) is 5.17 Å². The molecule has 0 aromatic heterocycles. The summed E-state index contributed by atoms with van der Waals surface area (Å²) in [6.07, 6.45) is 6.53. The van der Waals surface area contributed by atoms with Gasteiger partial charge in [-0.1, -0.05) is 23.3 Å². The zero-order chi connectivity index (χ0) is 11.0. The van der Waals surface area contributed by atoms with Crippen LogP contribution in [0.3, 0.4) is 0 Å². The van der Waals surface area contributed by atoms with Crippen molar-refractivity contribution in [3.05, 3.63) is 23.3 Å². The highest BCUT2D eigenvalue weighted by Gasteiger charge is 1.89. The standard InChI is InChI=1S/C11H20N2S.BrH/c1-9(2)5-4-6-10(3)7-8-13-11(12)14;/h5,7H,4,6,8H2,1-3H3,(H3,12,13,14);1H/b10-7+;. The third-order valence-electron chi connectivity index (χ3n) is 1.81. The number of hydrogen-bond acceptors (Lipinski definition) is 1. The van der Waals surface area contributed by atoms with Crippen molar-refractivity contribution in [2.45, 2.75) is 33.6 Å². The van der Waals surface area contributed by atoms with E-state index in [0.29, 0.717) is 6.54 Å². The molecule has 2 N–H and O–H groups in total. The van der Waals surface area contributed by atoms with Gasteiger partial charge in [0.05, 0.1) is 0 Å². The fraction of sp³-hybridized carbons (Fsp3) is 0.545. The molecule has 0 heterocycles. The average molecular weight is 293 g/mol. The van der Waals surface area contributed by atoms with Crippen molar-refractivity contribution in [2.75, 3.05) is 6.54 Å². The van der Waals surface area contributed by atoms with Gasteiger partial charge in [-0.3, -0.25) is 5.41 Å². The molecule has 0 saturated heterocycles. The summed E-state index contributed by atoms with van der Waals surface area (Å²) in [6, 6.07) is 0. The van der Waals surface area contributed by atoms with Crippen molar-refractivity contribution in [3.8, 4) is 0 Å². The van der Waals surface area contributed by atoms with Crippen LogP contribution in [0.2, 0.25) is 0 Å². The second-order valence-corrected chi connectivity index (χ2v) is 4.05. The Hall–Kier alpha value is -0.220. The van der Waals surface area contributed by atoms with E-state index in [0.717, 1.165) is 12.8 Å². The fourth-order valence-corrected chi connectivity index (χ4v) is 1.10. The average Bonchev–Trinajstić information content (AvgIpc) is 2.02. The molecule has 2 nitrogen and oxygen atoms in total. The smallest absolute Gasteiger partial charge is 0.150 e. The van der Waals surface area contributed by atoms with Crippen LogP contribution < -0.4 is 5.32 Å². The summed E-state index contributed by atoms with van der Waals surface area (Å²) in [5.74, 6) is 0. The van der Waals surface area contributed by atoms with Crippen LogP contribution >= 0.6 is 29.6 Å². The quantitative estimate of drug-likeness (QED) is 0.307. The van der Waals surface area contributed by atoms with Gasteiger partial charge >= 0.3 is 0 Å². The van der Waals surface area contributed by atoms with Crippen LogP contribution in [0.4, 0.5) is 0 Å².